The topological polar surface area (TPSA) is 21.3 Å². The van der Waals surface area contributed by atoms with Gasteiger partial charge in [-0.05, 0) is 48.2 Å². The van der Waals surface area contributed by atoms with E-state index in [4.69, 9.17) is 4.74 Å². The number of nitrogens with one attached hydrogen (secondary N) is 1. The van der Waals surface area contributed by atoms with Crippen LogP contribution in [0.4, 0.5) is 0 Å². The van der Waals surface area contributed by atoms with Crippen molar-refractivity contribution in [3.8, 4) is 0 Å². The maximum atomic E-state index is 6.12. The fourth-order valence-corrected chi connectivity index (χ4v) is 5.00. The van der Waals surface area contributed by atoms with E-state index in [2.05, 4.69) is 48.9 Å². The van der Waals surface area contributed by atoms with Gasteiger partial charge in [0.15, 0.2) is 0 Å². The highest BCUT2D eigenvalue weighted by molar-refractivity contribution is 7.17. The van der Waals surface area contributed by atoms with E-state index < -0.39 is 0 Å². The van der Waals surface area contributed by atoms with Crippen LogP contribution in [0.15, 0.2) is 29.6 Å². The fraction of sp³-hybridized carbons (Fsp3) is 0.556. The van der Waals surface area contributed by atoms with Gasteiger partial charge in [-0.1, -0.05) is 38.0 Å². The molecule has 1 fully saturated rings. The summed E-state index contributed by atoms with van der Waals surface area (Å²) in [5.74, 6) is 0.733. The molecular weight excluding hydrogens is 278 g/mol. The molecule has 0 aliphatic heterocycles. The third-order valence-electron chi connectivity index (χ3n) is 5.03. The minimum atomic E-state index is -0.0787. The number of rotatable bonds is 4. The van der Waals surface area contributed by atoms with Gasteiger partial charge in [-0.3, -0.25) is 0 Å². The number of ether oxygens (including phenoxy) is 1. The molecule has 0 radical (unpaired) electrons. The second-order valence-corrected chi connectivity index (χ2v) is 7.29. The highest BCUT2D eigenvalue weighted by atomic mass is 32.1. The van der Waals surface area contributed by atoms with Crippen molar-refractivity contribution in [2.24, 2.45) is 5.92 Å². The number of benzene rings is 1. The fourth-order valence-electron chi connectivity index (χ4n) is 4.05. The largest absolute Gasteiger partial charge is 0.376 e. The highest BCUT2D eigenvalue weighted by Crippen LogP contribution is 2.45. The Morgan fingerprint density at radius 3 is 2.95 bits per heavy atom. The summed E-state index contributed by atoms with van der Waals surface area (Å²) >= 11 is 1.84. The summed E-state index contributed by atoms with van der Waals surface area (Å²) < 4.78 is 7.52. The molecule has 3 rings (SSSR count). The first-order valence-corrected chi connectivity index (χ1v) is 8.76. The monoisotopic (exact) mass is 303 g/mol. The van der Waals surface area contributed by atoms with E-state index in [0.717, 1.165) is 18.8 Å². The molecule has 3 unspecified atom stereocenters. The summed E-state index contributed by atoms with van der Waals surface area (Å²) in [6.45, 7) is 2.35. The highest BCUT2D eigenvalue weighted by Gasteiger charge is 2.42. The Labute approximate surface area is 131 Å². The molecule has 2 nitrogen and oxygen atoms in total. The molecule has 3 atom stereocenters. The number of thiophene rings is 1. The molecule has 0 saturated heterocycles. The van der Waals surface area contributed by atoms with E-state index in [1.54, 1.807) is 0 Å². The van der Waals surface area contributed by atoms with E-state index in [9.17, 15) is 0 Å². The lowest BCUT2D eigenvalue weighted by atomic mass is 9.72. The minimum Gasteiger partial charge on any atom is -0.376 e. The summed E-state index contributed by atoms with van der Waals surface area (Å²) in [4.78, 5) is 0. The van der Waals surface area contributed by atoms with Crippen LogP contribution in [-0.2, 0) is 4.74 Å². The van der Waals surface area contributed by atoms with E-state index in [0.29, 0.717) is 0 Å². The lowest BCUT2D eigenvalue weighted by molar-refractivity contribution is -0.0786. The molecule has 114 valence electrons. The van der Waals surface area contributed by atoms with Crippen molar-refractivity contribution in [1.29, 1.82) is 0 Å². The SMILES string of the molecule is CNC(c1cccc2ccsc12)C1(OC)CCCC(C)C1. The summed E-state index contributed by atoms with van der Waals surface area (Å²) in [5.41, 5.74) is 1.31. The Morgan fingerprint density at radius 1 is 1.38 bits per heavy atom. The molecule has 0 amide bonds. The van der Waals surface area contributed by atoms with Crippen LogP contribution in [0.1, 0.15) is 44.2 Å². The van der Waals surface area contributed by atoms with Crippen LogP contribution in [0.5, 0.6) is 0 Å². The normalized spacial score (nSPS) is 27.9. The Bertz CT molecular complexity index is 608. The predicted octanol–water partition coefficient (Wildman–Crippen LogP) is 4.76. The molecule has 1 aliphatic carbocycles. The number of hydrogen-bond donors (Lipinski definition) is 1. The predicted molar refractivity (Wildman–Crippen MR) is 91.0 cm³/mol. The zero-order valence-electron chi connectivity index (χ0n) is 13.2. The number of methoxy groups -OCH3 is 1. The Kier molecular flexibility index (Phi) is 4.34. The molecule has 2 aromatic rings. The second-order valence-electron chi connectivity index (χ2n) is 6.38. The van der Waals surface area contributed by atoms with Crippen molar-refractivity contribution in [3.05, 3.63) is 35.2 Å². The molecule has 1 heterocycles. The van der Waals surface area contributed by atoms with Crippen LogP contribution < -0.4 is 5.32 Å². The van der Waals surface area contributed by atoms with E-state index in [-0.39, 0.29) is 11.6 Å². The molecule has 0 spiro atoms. The third-order valence-corrected chi connectivity index (χ3v) is 6.01. The first kappa shape index (κ1) is 15.0. The van der Waals surface area contributed by atoms with Crippen molar-refractivity contribution in [2.45, 2.75) is 44.2 Å². The Balaban J connectivity index is 2.06. The van der Waals surface area contributed by atoms with Crippen molar-refractivity contribution < 1.29 is 4.74 Å². The van der Waals surface area contributed by atoms with Gasteiger partial charge in [-0.2, -0.15) is 0 Å². The molecule has 1 saturated carbocycles. The first-order chi connectivity index (χ1) is 10.2. The van der Waals surface area contributed by atoms with Gasteiger partial charge in [0, 0.05) is 11.8 Å². The van der Waals surface area contributed by atoms with Gasteiger partial charge in [-0.15, -0.1) is 11.3 Å². The van der Waals surface area contributed by atoms with Gasteiger partial charge < -0.3 is 10.1 Å². The average molecular weight is 303 g/mol. The molecule has 1 aromatic heterocycles. The van der Waals surface area contributed by atoms with Crippen molar-refractivity contribution >= 4 is 21.4 Å². The third kappa shape index (κ3) is 2.63. The standard InChI is InChI=1S/C18H25NOS/c1-13-6-5-10-18(12-13,20-3)17(19-2)15-8-4-7-14-9-11-21-16(14)15/h4,7-9,11,13,17,19H,5-6,10,12H2,1-3H3. The van der Waals surface area contributed by atoms with Gasteiger partial charge in [0.25, 0.3) is 0 Å². The summed E-state index contributed by atoms with van der Waals surface area (Å²) in [7, 11) is 3.95. The Morgan fingerprint density at radius 2 is 2.24 bits per heavy atom. The molecule has 21 heavy (non-hydrogen) atoms. The van der Waals surface area contributed by atoms with Crippen molar-refractivity contribution in [2.75, 3.05) is 14.2 Å². The van der Waals surface area contributed by atoms with E-state index >= 15 is 0 Å². The van der Waals surface area contributed by atoms with Crippen LogP contribution >= 0.6 is 11.3 Å². The summed E-state index contributed by atoms with van der Waals surface area (Å²) in [5, 5.41) is 7.09. The lowest BCUT2D eigenvalue weighted by Gasteiger charge is -2.44. The molecule has 1 N–H and O–H groups in total. The number of likely N-dealkylation sites (N-methyl/N-ethyl adjacent to an activating group) is 1. The van der Waals surface area contributed by atoms with Crippen LogP contribution in [0.25, 0.3) is 10.1 Å². The van der Waals surface area contributed by atoms with Crippen LogP contribution in [-0.4, -0.2) is 19.8 Å². The summed E-state index contributed by atoms with van der Waals surface area (Å²) in [6.07, 6.45) is 4.86. The van der Waals surface area contributed by atoms with Crippen molar-refractivity contribution in [1.82, 2.24) is 5.32 Å². The van der Waals surface area contributed by atoms with E-state index in [1.807, 2.05) is 18.4 Å². The molecule has 1 aromatic carbocycles. The minimum absolute atomic E-state index is 0.0787. The first-order valence-electron chi connectivity index (χ1n) is 7.89. The van der Waals surface area contributed by atoms with Crippen LogP contribution in [0, 0.1) is 5.92 Å². The number of hydrogen-bond acceptors (Lipinski definition) is 3. The van der Waals surface area contributed by atoms with Gasteiger partial charge >= 0.3 is 0 Å². The van der Waals surface area contributed by atoms with Crippen LogP contribution in [0.3, 0.4) is 0 Å². The van der Waals surface area contributed by atoms with Gasteiger partial charge in [0.1, 0.15) is 0 Å². The summed E-state index contributed by atoms with van der Waals surface area (Å²) in [6, 6.07) is 9.10. The van der Waals surface area contributed by atoms with Gasteiger partial charge in [0.2, 0.25) is 0 Å². The van der Waals surface area contributed by atoms with Crippen LogP contribution in [0.2, 0.25) is 0 Å². The molecule has 3 heteroatoms. The average Bonchev–Trinajstić information content (AvgIpc) is 2.97. The van der Waals surface area contributed by atoms with Gasteiger partial charge in [0.05, 0.1) is 11.6 Å². The maximum absolute atomic E-state index is 6.12. The zero-order valence-corrected chi connectivity index (χ0v) is 14.0. The molecule has 0 bridgehead atoms. The van der Waals surface area contributed by atoms with Gasteiger partial charge in [-0.25, -0.2) is 0 Å². The van der Waals surface area contributed by atoms with E-state index in [1.165, 1.54) is 28.5 Å². The molecular formula is C18H25NOS. The zero-order chi connectivity index (χ0) is 14.9. The molecule has 1 aliphatic rings. The smallest absolute Gasteiger partial charge is 0.0875 e. The van der Waals surface area contributed by atoms with Crippen molar-refractivity contribution in [3.63, 3.8) is 0 Å². The quantitative estimate of drug-likeness (QED) is 0.879. The lowest BCUT2D eigenvalue weighted by Crippen LogP contribution is -2.47. The second kappa shape index (κ2) is 6.07. The number of fused-ring (bicyclic) bond motifs is 1. The maximum Gasteiger partial charge on any atom is 0.0875 e. The Hall–Kier alpha value is -0.900.